The van der Waals surface area contributed by atoms with E-state index in [0.29, 0.717) is 37.1 Å². The summed E-state index contributed by atoms with van der Waals surface area (Å²) >= 11 is 0. The van der Waals surface area contributed by atoms with Gasteiger partial charge in [0, 0.05) is 25.2 Å². The number of aliphatic hydroxyl groups excluding tert-OH is 1. The summed E-state index contributed by atoms with van der Waals surface area (Å²) in [5.74, 6) is -0.326. The van der Waals surface area contributed by atoms with E-state index in [9.17, 15) is 14.7 Å². The van der Waals surface area contributed by atoms with Gasteiger partial charge in [0.1, 0.15) is 0 Å². The van der Waals surface area contributed by atoms with Crippen molar-refractivity contribution in [1.29, 1.82) is 5.26 Å². The molecule has 0 aliphatic carbocycles. The number of amides is 2. The lowest BCUT2D eigenvalue weighted by molar-refractivity contribution is -0.147. The highest BCUT2D eigenvalue weighted by Gasteiger charge is 2.50. The van der Waals surface area contributed by atoms with E-state index in [2.05, 4.69) is 5.32 Å². The zero-order valence-electron chi connectivity index (χ0n) is 12.8. The first-order valence-corrected chi connectivity index (χ1v) is 7.83. The van der Waals surface area contributed by atoms with Gasteiger partial charge >= 0.3 is 0 Å². The highest BCUT2D eigenvalue weighted by molar-refractivity contribution is 5.95. The molecule has 1 aromatic rings. The second-order valence-electron chi connectivity index (χ2n) is 6.24. The number of carbonyl (C=O) groups is 2. The van der Waals surface area contributed by atoms with E-state index in [1.54, 1.807) is 29.2 Å². The molecule has 0 bridgehead atoms. The van der Waals surface area contributed by atoms with Crippen molar-refractivity contribution in [3.63, 3.8) is 0 Å². The molecule has 2 heterocycles. The molecule has 6 heteroatoms. The van der Waals surface area contributed by atoms with Gasteiger partial charge in [-0.25, -0.2) is 0 Å². The van der Waals surface area contributed by atoms with Crippen molar-refractivity contribution in [3.05, 3.63) is 35.4 Å². The van der Waals surface area contributed by atoms with Crippen LogP contribution in [0.1, 0.15) is 35.2 Å². The fourth-order valence-electron chi connectivity index (χ4n) is 3.49. The molecule has 2 atom stereocenters. The fourth-order valence-corrected chi connectivity index (χ4v) is 3.49. The lowest BCUT2D eigenvalue weighted by Crippen LogP contribution is -2.62. The monoisotopic (exact) mass is 313 g/mol. The molecule has 3 rings (SSSR count). The Morgan fingerprint density at radius 2 is 2.13 bits per heavy atom. The van der Waals surface area contributed by atoms with E-state index in [0.717, 1.165) is 6.42 Å². The number of nitrogens with zero attached hydrogens (tertiary/aromatic N) is 2. The van der Waals surface area contributed by atoms with Gasteiger partial charge in [-0.1, -0.05) is 0 Å². The normalized spacial score (nSPS) is 27.4. The molecule has 0 unspecified atom stereocenters. The molecule has 0 aromatic heterocycles. The number of hydrogen-bond acceptors (Lipinski definition) is 4. The summed E-state index contributed by atoms with van der Waals surface area (Å²) < 4.78 is 0. The average Bonchev–Trinajstić information content (AvgIpc) is 2.59. The topological polar surface area (TPSA) is 93.4 Å². The quantitative estimate of drug-likeness (QED) is 0.796. The molecule has 2 N–H and O–H groups in total. The third-order valence-corrected chi connectivity index (χ3v) is 4.87. The Bertz CT molecular complexity index is 665. The number of benzene rings is 1. The van der Waals surface area contributed by atoms with Gasteiger partial charge in [-0.15, -0.1) is 0 Å². The Morgan fingerprint density at radius 3 is 2.78 bits per heavy atom. The molecule has 23 heavy (non-hydrogen) atoms. The molecule has 0 radical (unpaired) electrons. The maximum Gasteiger partial charge on any atom is 0.253 e. The van der Waals surface area contributed by atoms with Crippen molar-refractivity contribution in [1.82, 2.24) is 10.2 Å². The first kappa shape index (κ1) is 15.5. The molecule has 2 aliphatic heterocycles. The molecule has 2 amide bonds. The van der Waals surface area contributed by atoms with E-state index in [1.807, 2.05) is 6.07 Å². The van der Waals surface area contributed by atoms with Crippen LogP contribution in [0.25, 0.3) is 0 Å². The van der Waals surface area contributed by atoms with Crippen LogP contribution in [0, 0.1) is 16.7 Å². The Labute approximate surface area is 134 Å². The van der Waals surface area contributed by atoms with Crippen LogP contribution in [-0.4, -0.2) is 47.6 Å². The van der Waals surface area contributed by atoms with Gasteiger partial charge < -0.3 is 15.3 Å². The van der Waals surface area contributed by atoms with Crippen LogP contribution in [0.15, 0.2) is 24.3 Å². The number of aliphatic hydroxyl groups is 1. The Hall–Kier alpha value is -2.39. The van der Waals surface area contributed by atoms with Gasteiger partial charge in [-0.05, 0) is 43.5 Å². The van der Waals surface area contributed by atoms with Crippen LogP contribution in [0.2, 0.25) is 0 Å². The summed E-state index contributed by atoms with van der Waals surface area (Å²) in [5, 5.41) is 22.0. The van der Waals surface area contributed by atoms with Crippen LogP contribution < -0.4 is 5.32 Å². The van der Waals surface area contributed by atoms with Crippen molar-refractivity contribution in [2.24, 2.45) is 5.41 Å². The third-order valence-electron chi connectivity index (χ3n) is 4.87. The molecule has 1 aromatic carbocycles. The molecule has 1 spiro atoms. The van der Waals surface area contributed by atoms with E-state index in [4.69, 9.17) is 5.26 Å². The van der Waals surface area contributed by atoms with Gasteiger partial charge in [0.15, 0.2) is 0 Å². The minimum atomic E-state index is -0.890. The molecule has 6 nitrogen and oxygen atoms in total. The maximum atomic E-state index is 12.7. The van der Waals surface area contributed by atoms with E-state index < -0.39 is 11.5 Å². The smallest absolute Gasteiger partial charge is 0.253 e. The summed E-state index contributed by atoms with van der Waals surface area (Å²) in [6, 6.07) is 8.48. The minimum Gasteiger partial charge on any atom is -0.392 e. The zero-order valence-corrected chi connectivity index (χ0v) is 12.8. The predicted molar refractivity (Wildman–Crippen MR) is 82.4 cm³/mol. The summed E-state index contributed by atoms with van der Waals surface area (Å²) in [7, 11) is 0. The fraction of sp³-hybridized carbons (Fsp3) is 0.471. The second-order valence-corrected chi connectivity index (χ2v) is 6.24. The van der Waals surface area contributed by atoms with Crippen molar-refractivity contribution in [3.8, 4) is 6.07 Å². The summed E-state index contributed by atoms with van der Waals surface area (Å²) in [4.78, 5) is 26.6. The number of nitrogens with one attached hydrogen (secondary N) is 1. The molecule has 2 saturated heterocycles. The first-order chi connectivity index (χ1) is 11.1. The standard InChI is InChI=1S/C17H19N3O3/c18-10-12-2-4-13(5-3-12)15(22)20-9-6-14(21)17(11-20)7-1-8-19-16(17)23/h2-5,14,21H,1,6-9,11H2,(H,19,23)/t14-,17+/m0/s1. The molecule has 2 fully saturated rings. The molecule has 0 saturated carbocycles. The SMILES string of the molecule is N#Cc1ccc(C(=O)N2CC[C@H](O)[C@@]3(CCCNC3=O)C2)cc1. The predicted octanol–water partition coefficient (Wildman–Crippen LogP) is 0.661. The Morgan fingerprint density at radius 1 is 1.39 bits per heavy atom. The maximum absolute atomic E-state index is 12.7. The number of rotatable bonds is 1. The molecular weight excluding hydrogens is 294 g/mol. The van der Waals surface area contributed by atoms with Gasteiger partial charge in [0.25, 0.3) is 5.91 Å². The van der Waals surface area contributed by atoms with Crippen LogP contribution in [0.4, 0.5) is 0 Å². The van der Waals surface area contributed by atoms with Gasteiger partial charge in [-0.2, -0.15) is 5.26 Å². The summed E-state index contributed by atoms with van der Waals surface area (Å²) in [6.07, 6.45) is 1.08. The van der Waals surface area contributed by atoms with E-state index >= 15 is 0 Å². The van der Waals surface area contributed by atoms with Crippen molar-refractivity contribution in [2.45, 2.75) is 25.4 Å². The van der Waals surface area contributed by atoms with E-state index in [1.165, 1.54) is 0 Å². The lowest BCUT2D eigenvalue weighted by Gasteiger charge is -2.46. The Balaban J connectivity index is 1.81. The van der Waals surface area contributed by atoms with Gasteiger partial charge in [0.2, 0.25) is 5.91 Å². The number of piperidine rings is 2. The highest BCUT2D eigenvalue weighted by Crippen LogP contribution is 2.37. The number of nitriles is 1. The highest BCUT2D eigenvalue weighted by atomic mass is 16.3. The van der Waals surface area contributed by atoms with Crippen LogP contribution >= 0.6 is 0 Å². The van der Waals surface area contributed by atoms with Crippen molar-refractivity contribution >= 4 is 11.8 Å². The van der Waals surface area contributed by atoms with Crippen LogP contribution in [-0.2, 0) is 4.79 Å². The molecular formula is C17H19N3O3. The number of hydrogen-bond donors (Lipinski definition) is 2. The third kappa shape index (κ3) is 2.68. The van der Waals surface area contributed by atoms with Gasteiger partial charge in [0.05, 0.1) is 23.2 Å². The summed E-state index contributed by atoms with van der Waals surface area (Å²) in [5.41, 5.74) is 0.101. The minimum absolute atomic E-state index is 0.159. The average molecular weight is 313 g/mol. The Kier molecular flexibility index (Phi) is 4.05. The van der Waals surface area contributed by atoms with Crippen molar-refractivity contribution in [2.75, 3.05) is 19.6 Å². The number of likely N-dealkylation sites (tertiary alicyclic amines) is 1. The summed E-state index contributed by atoms with van der Waals surface area (Å²) in [6.45, 7) is 1.28. The van der Waals surface area contributed by atoms with Crippen LogP contribution in [0.5, 0.6) is 0 Å². The second kappa shape index (κ2) is 6.01. The van der Waals surface area contributed by atoms with Gasteiger partial charge in [-0.3, -0.25) is 9.59 Å². The first-order valence-electron chi connectivity index (χ1n) is 7.83. The number of carbonyl (C=O) groups excluding carboxylic acids is 2. The van der Waals surface area contributed by atoms with Crippen LogP contribution in [0.3, 0.4) is 0 Å². The van der Waals surface area contributed by atoms with Crippen molar-refractivity contribution < 1.29 is 14.7 Å². The lowest BCUT2D eigenvalue weighted by atomic mass is 9.71. The largest absolute Gasteiger partial charge is 0.392 e. The molecule has 120 valence electrons. The van der Waals surface area contributed by atoms with E-state index in [-0.39, 0.29) is 18.4 Å². The zero-order chi connectivity index (χ0) is 16.4. The molecule has 2 aliphatic rings.